The first-order chi connectivity index (χ1) is 9.38. The van der Waals surface area contributed by atoms with E-state index in [9.17, 15) is 8.42 Å². The first-order valence-electron chi connectivity index (χ1n) is 6.16. The molecule has 0 atom stereocenters. The quantitative estimate of drug-likeness (QED) is 0.882. The Bertz CT molecular complexity index is 708. The fourth-order valence-corrected chi connectivity index (χ4v) is 4.29. The van der Waals surface area contributed by atoms with Gasteiger partial charge in [-0.05, 0) is 25.8 Å². The molecule has 2 rings (SSSR count). The van der Waals surface area contributed by atoms with Gasteiger partial charge in [-0.1, -0.05) is 41.2 Å². The monoisotopic (exact) mass is 311 g/mol. The number of nitrogens with two attached hydrogens (primary N) is 1. The SMILES string of the molecule is Cc1cccc(CCNS(=O)(=O)c2sc(N)nc2C)c1. The summed E-state index contributed by atoms with van der Waals surface area (Å²) < 4.78 is 27.0. The molecule has 5 nitrogen and oxygen atoms in total. The number of nitrogen functional groups attached to an aromatic ring is 1. The summed E-state index contributed by atoms with van der Waals surface area (Å²) in [6.45, 7) is 4.00. The van der Waals surface area contributed by atoms with E-state index in [1.807, 2.05) is 31.2 Å². The van der Waals surface area contributed by atoms with Crippen LogP contribution in [0.1, 0.15) is 16.8 Å². The van der Waals surface area contributed by atoms with Gasteiger partial charge in [0.2, 0.25) is 0 Å². The molecular weight excluding hydrogens is 294 g/mol. The average molecular weight is 311 g/mol. The number of rotatable bonds is 5. The van der Waals surface area contributed by atoms with Crippen molar-refractivity contribution >= 4 is 26.5 Å². The van der Waals surface area contributed by atoms with E-state index in [4.69, 9.17) is 5.73 Å². The molecule has 0 aliphatic heterocycles. The van der Waals surface area contributed by atoms with Crippen LogP contribution in [0.4, 0.5) is 5.13 Å². The van der Waals surface area contributed by atoms with Crippen molar-refractivity contribution in [3.05, 3.63) is 41.1 Å². The molecule has 0 spiro atoms. The van der Waals surface area contributed by atoms with Crippen LogP contribution in [0.3, 0.4) is 0 Å². The number of benzene rings is 1. The molecule has 0 saturated heterocycles. The third kappa shape index (κ3) is 3.56. The minimum absolute atomic E-state index is 0.194. The number of thiazole rings is 1. The molecule has 3 N–H and O–H groups in total. The Morgan fingerprint density at radius 3 is 2.70 bits per heavy atom. The molecule has 0 unspecified atom stereocenters. The Labute approximate surface area is 122 Å². The summed E-state index contributed by atoms with van der Waals surface area (Å²) in [5.41, 5.74) is 8.24. The van der Waals surface area contributed by atoms with Crippen LogP contribution < -0.4 is 10.5 Å². The van der Waals surface area contributed by atoms with Crippen LogP contribution in [0.2, 0.25) is 0 Å². The van der Waals surface area contributed by atoms with E-state index < -0.39 is 10.0 Å². The van der Waals surface area contributed by atoms with Crippen molar-refractivity contribution < 1.29 is 8.42 Å². The lowest BCUT2D eigenvalue weighted by atomic mass is 10.1. The summed E-state index contributed by atoms with van der Waals surface area (Å²) in [5, 5.41) is 0.265. The molecule has 20 heavy (non-hydrogen) atoms. The first-order valence-corrected chi connectivity index (χ1v) is 8.46. The number of anilines is 1. The molecule has 0 aliphatic rings. The second kappa shape index (κ2) is 5.90. The van der Waals surface area contributed by atoms with E-state index in [2.05, 4.69) is 9.71 Å². The topological polar surface area (TPSA) is 85.1 Å². The Hall–Kier alpha value is -1.44. The van der Waals surface area contributed by atoms with E-state index in [0.29, 0.717) is 18.7 Å². The van der Waals surface area contributed by atoms with Gasteiger partial charge in [0, 0.05) is 6.54 Å². The van der Waals surface area contributed by atoms with Crippen molar-refractivity contribution in [3.63, 3.8) is 0 Å². The molecule has 2 aromatic rings. The summed E-state index contributed by atoms with van der Waals surface area (Å²) >= 11 is 0.986. The average Bonchev–Trinajstić information content (AvgIpc) is 2.69. The Kier molecular flexibility index (Phi) is 4.42. The Balaban J connectivity index is 2.01. The highest BCUT2D eigenvalue weighted by Gasteiger charge is 2.20. The summed E-state index contributed by atoms with van der Waals surface area (Å²) in [4.78, 5) is 3.93. The van der Waals surface area contributed by atoms with Gasteiger partial charge < -0.3 is 5.73 Å². The van der Waals surface area contributed by atoms with Crippen LogP contribution >= 0.6 is 11.3 Å². The normalized spacial score (nSPS) is 11.7. The van der Waals surface area contributed by atoms with Gasteiger partial charge in [-0.25, -0.2) is 18.1 Å². The van der Waals surface area contributed by atoms with Crippen LogP contribution in [0, 0.1) is 13.8 Å². The largest absolute Gasteiger partial charge is 0.375 e. The molecule has 0 fully saturated rings. The summed E-state index contributed by atoms with van der Waals surface area (Å²) in [6.07, 6.45) is 0.647. The lowest BCUT2D eigenvalue weighted by Gasteiger charge is -2.06. The van der Waals surface area contributed by atoms with Gasteiger partial charge >= 0.3 is 0 Å². The maximum atomic E-state index is 12.1. The zero-order valence-electron chi connectivity index (χ0n) is 11.4. The standard InChI is InChI=1S/C13H17N3O2S2/c1-9-4-3-5-11(8-9)6-7-15-20(17,18)12-10(2)16-13(14)19-12/h3-5,8,15H,6-7H2,1-2H3,(H2,14,16). The third-order valence-electron chi connectivity index (χ3n) is 2.80. The minimum atomic E-state index is -3.52. The van der Waals surface area contributed by atoms with Gasteiger partial charge in [0.25, 0.3) is 10.0 Å². The highest BCUT2D eigenvalue weighted by atomic mass is 32.2. The molecule has 0 saturated carbocycles. The number of aromatic nitrogens is 1. The van der Waals surface area contributed by atoms with Crippen LogP contribution in [0.25, 0.3) is 0 Å². The smallest absolute Gasteiger partial charge is 0.252 e. The maximum absolute atomic E-state index is 12.1. The molecule has 7 heteroatoms. The van der Waals surface area contributed by atoms with Gasteiger partial charge in [-0.3, -0.25) is 0 Å². The van der Waals surface area contributed by atoms with Gasteiger partial charge in [0.05, 0.1) is 5.69 Å². The molecular formula is C13H17N3O2S2. The summed E-state index contributed by atoms with van der Waals surface area (Å²) in [5.74, 6) is 0. The lowest BCUT2D eigenvalue weighted by Crippen LogP contribution is -2.25. The first kappa shape index (κ1) is 15.0. The number of hydrogen-bond acceptors (Lipinski definition) is 5. The van der Waals surface area contributed by atoms with E-state index >= 15 is 0 Å². The number of aryl methyl sites for hydroxylation is 2. The van der Waals surface area contributed by atoms with E-state index in [1.54, 1.807) is 6.92 Å². The van der Waals surface area contributed by atoms with E-state index in [0.717, 1.165) is 22.5 Å². The van der Waals surface area contributed by atoms with Gasteiger partial charge in [0.1, 0.15) is 0 Å². The number of nitrogens with zero attached hydrogens (tertiary/aromatic N) is 1. The van der Waals surface area contributed by atoms with Crippen molar-refractivity contribution in [2.45, 2.75) is 24.5 Å². The zero-order chi connectivity index (χ0) is 14.8. The lowest BCUT2D eigenvalue weighted by molar-refractivity contribution is 0.583. The van der Waals surface area contributed by atoms with Crippen molar-refractivity contribution in [3.8, 4) is 0 Å². The van der Waals surface area contributed by atoms with Gasteiger partial charge in [-0.2, -0.15) is 0 Å². The Morgan fingerprint density at radius 1 is 1.35 bits per heavy atom. The summed E-state index contributed by atoms with van der Waals surface area (Å²) in [7, 11) is -3.52. The van der Waals surface area contributed by atoms with E-state index in [-0.39, 0.29) is 9.34 Å². The third-order valence-corrected chi connectivity index (χ3v) is 5.86. The highest BCUT2D eigenvalue weighted by Crippen LogP contribution is 2.24. The summed E-state index contributed by atoms with van der Waals surface area (Å²) in [6, 6.07) is 8.01. The number of hydrogen-bond donors (Lipinski definition) is 2. The van der Waals surface area contributed by atoms with Crippen molar-refractivity contribution in [2.24, 2.45) is 0 Å². The van der Waals surface area contributed by atoms with Crippen molar-refractivity contribution in [2.75, 3.05) is 12.3 Å². The van der Waals surface area contributed by atoms with Crippen molar-refractivity contribution in [1.29, 1.82) is 0 Å². The van der Waals surface area contributed by atoms with Crippen LogP contribution in [0.5, 0.6) is 0 Å². The highest BCUT2D eigenvalue weighted by molar-refractivity contribution is 7.91. The fourth-order valence-electron chi connectivity index (χ4n) is 1.91. The second-order valence-electron chi connectivity index (χ2n) is 4.56. The predicted octanol–water partition coefficient (Wildman–Crippen LogP) is 1.86. The maximum Gasteiger partial charge on any atom is 0.252 e. The van der Waals surface area contributed by atoms with Crippen LogP contribution in [-0.4, -0.2) is 19.9 Å². The minimum Gasteiger partial charge on any atom is -0.375 e. The number of sulfonamides is 1. The molecule has 0 amide bonds. The van der Waals surface area contributed by atoms with Crippen molar-refractivity contribution in [1.82, 2.24) is 9.71 Å². The molecule has 1 aromatic carbocycles. The van der Waals surface area contributed by atoms with Crippen LogP contribution in [-0.2, 0) is 16.4 Å². The molecule has 0 bridgehead atoms. The Morgan fingerprint density at radius 2 is 2.10 bits per heavy atom. The molecule has 1 aromatic heterocycles. The molecule has 0 radical (unpaired) electrons. The van der Waals surface area contributed by atoms with E-state index in [1.165, 1.54) is 0 Å². The molecule has 0 aliphatic carbocycles. The molecule has 1 heterocycles. The number of nitrogens with one attached hydrogen (secondary N) is 1. The van der Waals surface area contributed by atoms with Gasteiger partial charge in [0.15, 0.2) is 9.34 Å². The van der Waals surface area contributed by atoms with Crippen LogP contribution in [0.15, 0.2) is 28.5 Å². The second-order valence-corrected chi connectivity index (χ2v) is 7.55. The van der Waals surface area contributed by atoms with Gasteiger partial charge in [-0.15, -0.1) is 0 Å². The molecule has 108 valence electrons. The predicted molar refractivity (Wildman–Crippen MR) is 81.3 cm³/mol. The zero-order valence-corrected chi connectivity index (χ0v) is 13.0. The fraction of sp³-hybridized carbons (Fsp3) is 0.308.